The number of aryl methyl sites for hydroxylation is 1. The molecule has 3 rings (SSSR count). The van der Waals surface area contributed by atoms with Gasteiger partial charge in [0, 0.05) is 23.0 Å². The van der Waals surface area contributed by atoms with Gasteiger partial charge in [-0.3, -0.25) is 4.79 Å². The molecule has 0 amide bonds. The van der Waals surface area contributed by atoms with Crippen LogP contribution in [0.5, 0.6) is 5.75 Å². The lowest BCUT2D eigenvalue weighted by Crippen LogP contribution is -2.12. The maximum atomic E-state index is 12.5. The summed E-state index contributed by atoms with van der Waals surface area (Å²) in [6, 6.07) is 10.6. The number of hydrogen-bond acceptors (Lipinski definition) is 2. The van der Waals surface area contributed by atoms with Gasteiger partial charge < -0.3 is 9.30 Å². The second-order valence-corrected chi connectivity index (χ2v) is 6.82. The highest BCUT2D eigenvalue weighted by Crippen LogP contribution is 2.38. The van der Waals surface area contributed by atoms with Crippen LogP contribution in [-0.2, 0) is 0 Å². The van der Waals surface area contributed by atoms with E-state index in [1.54, 1.807) is 0 Å². The maximum Gasteiger partial charge on any atom is 0.202 e. The van der Waals surface area contributed by atoms with Crippen molar-refractivity contribution in [2.45, 2.75) is 52.5 Å². The summed E-state index contributed by atoms with van der Waals surface area (Å²) in [4.78, 5) is 12.5. The molecule has 0 spiro atoms. The molecule has 23 heavy (non-hydrogen) atoms. The van der Waals surface area contributed by atoms with E-state index in [1.807, 2.05) is 25.1 Å². The van der Waals surface area contributed by atoms with E-state index in [9.17, 15) is 4.79 Å². The number of nitrogens with zero attached hydrogens (tertiary/aromatic N) is 1. The van der Waals surface area contributed by atoms with Crippen molar-refractivity contribution in [3.8, 4) is 5.75 Å². The lowest BCUT2D eigenvalue weighted by atomic mass is 10.0. The topological polar surface area (TPSA) is 31.2 Å². The predicted molar refractivity (Wildman–Crippen MR) is 92.5 cm³/mol. The van der Waals surface area contributed by atoms with Crippen LogP contribution in [0.1, 0.15) is 66.0 Å². The molecule has 1 saturated carbocycles. The van der Waals surface area contributed by atoms with Crippen molar-refractivity contribution < 1.29 is 9.53 Å². The van der Waals surface area contributed by atoms with Crippen LogP contribution >= 0.6 is 0 Å². The number of hydrogen-bond donors (Lipinski definition) is 0. The number of ether oxygens (including phenoxy) is 1. The zero-order chi connectivity index (χ0) is 16.6. The molecule has 1 aliphatic carbocycles. The highest BCUT2D eigenvalue weighted by Gasteiger charge is 2.28. The van der Waals surface area contributed by atoms with Gasteiger partial charge in [0.2, 0.25) is 5.78 Å². The molecule has 1 heterocycles. The van der Waals surface area contributed by atoms with Gasteiger partial charge in [-0.2, -0.15) is 0 Å². The van der Waals surface area contributed by atoms with Crippen molar-refractivity contribution >= 4 is 5.78 Å². The Kier molecular flexibility index (Phi) is 4.29. The number of Topliss-reactive ketones (excluding diaryl/α,β-unsaturated/α-hetero) is 1. The normalized spacial score (nSPS) is 14.3. The summed E-state index contributed by atoms with van der Waals surface area (Å²) < 4.78 is 7.97. The smallest absolute Gasteiger partial charge is 0.202 e. The van der Waals surface area contributed by atoms with Gasteiger partial charge >= 0.3 is 0 Å². The fourth-order valence-electron chi connectivity index (χ4n) is 3.13. The lowest BCUT2D eigenvalue weighted by molar-refractivity contribution is 0.0921. The van der Waals surface area contributed by atoms with E-state index in [2.05, 4.69) is 37.5 Å². The average molecular weight is 311 g/mol. The molecule has 3 nitrogen and oxygen atoms in total. The number of rotatable bonds is 6. The van der Waals surface area contributed by atoms with E-state index < -0.39 is 0 Å². The third kappa shape index (κ3) is 3.34. The van der Waals surface area contributed by atoms with Crippen LogP contribution < -0.4 is 4.74 Å². The lowest BCUT2D eigenvalue weighted by Gasteiger charge is -2.09. The van der Waals surface area contributed by atoms with Crippen LogP contribution in [0.2, 0.25) is 0 Å². The Morgan fingerprint density at radius 1 is 1.22 bits per heavy atom. The molecule has 1 aromatic heterocycles. The summed E-state index contributed by atoms with van der Waals surface area (Å²) in [6.45, 7) is 8.53. The molecule has 0 atom stereocenters. The number of carbonyl (C=O) groups excluding carboxylic acids is 1. The molecule has 2 aromatic rings. The van der Waals surface area contributed by atoms with E-state index in [4.69, 9.17) is 4.74 Å². The minimum Gasteiger partial charge on any atom is -0.485 e. The van der Waals surface area contributed by atoms with Crippen molar-refractivity contribution in [3.63, 3.8) is 0 Å². The second kappa shape index (κ2) is 6.23. The zero-order valence-corrected chi connectivity index (χ0v) is 14.4. The van der Waals surface area contributed by atoms with Crippen LogP contribution in [0.4, 0.5) is 0 Å². The number of carbonyl (C=O) groups is 1. The van der Waals surface area contributed by atoms with Crippen molar-refractivity contribution in [1.82, 2.24) is 4.57 Å². The SMILES string of the molecule is Cc1cc(C(=O)COc2ccc(C(C)C)cc2)c(C)n1C1CC1. The maximum absolute atomic E-state index is 12.5. The van der Waals surface area contributed by atoms with Crippen LogP contribution in [0, 0.1) is 13.8 Å². The molecule has 0 bridgehead atoms. The molecule has 0 aliphatic heterocycles. The first kappa shape index (κ1) is 15.9. The largest absolute Gasteiger partial charge is 0.485 e. The van der Waals surface area contributed by atoms with Gasteiger partial charge in [-0.1, -0.05) is 26.0 Å². The summed E-state index contributed by atoms with van der Waals surface area (Å²) in [7, 11) is 0. The van der Waals surface area contributed by atoms with Gasteiger partial charge in [-0.05, 0) is 56.4 Å². The summed E-state index contributed by atoms with van der Waals surface area (Å²) in [5.41, 5.74) is 4.33. The third-order valence-electron chi connectivity index (χ3n) is 4.61. The molecule has 1 fully saturated rings. The standard InChI is InChI=1S/C20H25NO2/c1-13(2)16-5-9-18(10-6-16)23-12-20(22)19-11-14(3)21(15(19)4)17-7-8-17/h5-6,9-11,13,17H,7-8,12H2,1-4H3. The number of aromatic nitrogens is 1. The van der Waals surface area contributed by atoms with Crippen LogP contribution in [0.25, 0.3) is 0 Å². The van der Waals surface area contributed by atoms with Crippen LogP contribution in [0.15, 0.2) is 30.3 Å². The predicted octanol–water partition coefficient (Wildman–Crippen LogP) is 4.82. The van der Waals surface area contributed by atoms with Gasteiger partial charge in [0.25, 0.3) is 0 Å². The molecule has 1 aromatic carbocycles. The first-order valence-corrected chi connectivity index (χ1v) is 8.41. The van der Waals surface area contributed by atoms with Crippen molar-refractivity contribution in [2.75, 3.05) is 6.61 Å². The Balaban J connectivity index is 1.66. The fourth-order valence-corrected chi connectivity index (χ4v) is 3.13. The Labute approximate surface area is 138 Å². The van der Waals surface area contributed by atoms with Gasteiger partial charge in [-0.15, -0.1) is 0 Å². The van der Waals surface area contributed by atoms with E-state index in [0.29, 0.717) is 12.0 Å². The Morgan fingerprint density at radius 2 is 1.87 bits per heavy atom. The number of benzene rings is 1. The molecule has 122 valence electrons. The Hall–Kier alpha value is -2.03. The molecular formula is C20H25NO2. The average Bonchev–Trinajstić information content (AvgIpc) is 3.31. The molecule has 1 aliphatic rings. The van der Waals surface area contributed by atoms with Crippen molar-refractivity contribution in [3.05, 3.63) is 52.8 Å². The van der Waals surface area contributed by atoms with E-state index in [0.717, 1.165) is 17.0 Å². The monoisotopic (exact) mass is 311 g/mol. The minimum absolute atomic E-state index is 0.0536. The van der Waals surface area contributed by atoms with Gasteiger partial charge in [0.05, 0.1) is 0 Å². The molecule has 3 heteroatoms. The second-order valence-electron chi connectivity index (χ2n) is 6.82. The van der Waals surface area contributed by atoms with Gasteiger partial charge in [0.1, 0.15) is 5.75 Å². The van der Waals surface area contributed by atoms with Crippen LogP contribution in [-0.4, -0.2) is 17.0 Å². The highest BCUT2D eigenvalue weighted by atomic mass is 16.5. The van der Waals surface area contributed by atoms with Gasteiger partial charge in [0.15, 0.2) is 6.61 Å². The van der Waals surface area contributed by atoms with E-state index in [-0.39, 0.29) is 12.4 Å². The van der Waals surface area contributed by atoms with Gasteiger partial charge in [-0.25, -0.2) is 0 Å². The van der Waals surface area contributed by atoms with Crippen molar-refractivity contribution in [2.24, 2.45) is 0 Å². The first-order chi connectivity index (χ1) is 11.0. The highest BCUT2D eigenvalue weighted by molar-refractivity contribution is 5.98. The first-order valence-electron chi connectivity index (χ1n) is 8.41. The Morgan fingerprint density at radius 3 is 2.43 bits per heavy atom. The molecule has 0 radical (unpaired) electrons. The quantitative estimate of drug-likeness (QED) is 0.716. The van der Waals surface area contributed by atoms with E-state index in [1.165, 1.54) is 24.1 Å². The molecule has 0 unspecified atom stereocenters. The summed E-state index contributed by atoms with van der Waals surface area (Å²) in [5, 5.41) is 0. The van der Waals surface area contributed by atoms with E-state index >= 15 is 0 Å². The fraction of sp³-hybridized carbons (Fsp3) is 0.450. The Bertz CT molecular complexity index is 706. The zero-order valence-electron chi connectivity index (χ0n) is 14.4. The molecule has 0 saturated heterocycles. The summed E-state index contributed by atoms with van der Waals surface area (Å²) >= 11 is 0. The minimum atomic E-state index is 0.0536. The molecular weight excluding hydrogens is 286 g/mol. The van der Waals surface area contributed by atoms with Crippen LogP contribution in [0.3, 0.4) is 0 Å². The summed E-state index contributed by atoms with van der Waals surface area (Å²) in [5.74, 6) is 1.30. The number of ketones is 1. The van der Waals surface area contributed by atoms with Crippen molar-refractivity contribution in [1.29, 1.82) is 0 Å². The summed E-state index contributed by atoms with van der Waals surface area (Å²) in [6.07, 6.45) is 2.45. The molecule has 0 N–H and O–H groups in total. The third-order valence-corrected chi connectivity index (χ3v) is 4.61.